The van der Waals surface area contributed by atoms with Gasteiger partial charge in [0.1, 0.15) is 11.6 Å². The summed E-state index contributed by atoms with van der Waals surface area (Å²) in [7, 11) is 0. The van der Waals surface area contributed by atoms with Crippen LogP contribution in [0.5, 0.6) is 0 Å². The molecule has 0 unspecified atom stereocenters. The van der Waals surface area contributed by atoms with Crippen LogP contribution in [0.1, 0.15) is 36.3 Å². The molecule has 0 bridgehead atoms. The third kappa shape index (κ3) is 4.79. The Hall–Kier alpha value is -3.35. The minimum Gasteiger partial charge on any atom is -0.504 e. The first-order valence-electron chi connectivity index (χ1n) is 9.66. The van der Waals surface area contributed by atoms with Crippen LogP contribution in [-0.4, -0.2) is 40.5 Å². The maximum absolute atomic E-state index is 14.6. The van der Waals surface area contributed by atoms with E-state index in [-0.39, 0.29) is 11.6 Å². The maximum atomic E-state index is 14.6. The highest BCUT2D eigenvalue weighted by Crippen LogP contribution is 2.35. The predicted octanol–water partition coefficient (Wildman–Crippen LogP) is 4.14. The summed E-state index contributed by atoms with van der Waals surface area (Å²) in [6.45, 7) is 0.430. The lowest BCUT2D eigenvalue weighted by molar-refractivity contribution is -0.127. The Bertz CT molecular complexity index is 976. The average molecular weight is 412 g/mol. The summed E-state index contributed by atoms with van der Waals surface area (Å²) < 4.78 is 28.5. The number of halogens is 2. The third-order valence-corrected chi connectivity index (χ3v) is 5.35. The van der Waals surface area contributed by atoms with Crippen LogP contribution < -0.4 is 0 Å². The molecule has 0 saturated carbocycles. The first-order valence-corrected chi connectivity index (χ1v) is 9.66. The van der Waals surface area contributed by atoms with Crippen LogP contribution in [0, 0.1) is 17.0 Å². The van der Waals surface area contributed by atoms with Gasteiger partial charge in [-0.25, -0.2) is 8.78 Å². The monoisotopic (exact) mass is 412 g/mol. The molecule has 156 valence electrons. The molecule has 5 nitrogen and oxygen atoms in total. The number of likely N-dealkylation sites (tertiary alicyclic amines) is 1. The van der Waals surface area contributed by atoms with E-state index in [0.29, 0.717) is 25.6 Å². The molecular weight excluding hydrogens is 390 g/mol. The number of aliphatic hydroxyl groups excluding tert-OH is 1. The molecule has 0 spiro atoms. The van der Waals surface area contributed by atoms with Gasteiger partial charge >= 0.3 is 0 Å². The van der Waals surface area contributed by atoms with Gasteiger partial charge in [0.05, 0.1) is 6.21 Å². The zero-order valence-electron chi connectivity index (χ0n) is 16.2. The molecule has 0 aromatic heterocycles. The number of allylic oxidation sites excluding steroid dienone is 1. The van der Waals surface area contributed by atoms with Crippen LogP contribution in [0.2, 0.25) is 0 Å². The standard InChI is InChI=1S/C23H22F2N2O3/c24-16-8-9-20(25)19(11-16)18(15-5-2-1-3-6-15)12-17-7-4-10-27(17)23(30)13-21(28)22(29)14-26/h1-3,5-6,8-9,11,13-14,17-18,26,28H,4,7,10,12H2/b21-13-,26-14?/t17-,18-/m1/s1. The van der Waals surface area contributed by atoms with E-state index in [0.717, 1.165) is 30.2 Å². The number of carbonyl (C=O) groups excluding carboxylic acids is 2. The number of rotatable bonds is 7. The van der Waals surface area contributed by atoms with E-state index in [1.165, 1.54) is 11.0 Å². The summed E-state index contributed by atoms with van der Waals surface area (Å²) in [5.41, 5.74) is 1.02. The first-order chi connectivity index (χ1) is 14.4. The highest BCUT2D eigenvalue weighted by atomic mass is 19.1. The predicted molar refractivity (Wildman–Crippen MR) is 108 cm³/mol. The Morgan fingerprint density at radius 2 is 1.93 bits per heavy atom. The van der Waals surface area contributed by atoms with E-state index in [9.17, 15) is 23.5 Å². The van der Waals surface area contributed by atoms with Crippen LogP contribution in [0.25, 0.3) is 0 Å². The van der Waals surface area contributed by atoms with Gasteiger partial charge in [0, 0.05) is 24.6 Å². The number of Topliss-reactive ketones (excluding diaryl/α,β-unsaturated/α-hetero) is 1. The van der Waals surface area contributed by atoms with Crippen molar-refractivity contribution >= 4 is 17.9 Å². The minimum absolute atomic E-state index is 0.220. The van der Waals surface area contributed by atoms with Gasteiger partial charge in [0.2, 0.25) is 5.78 Å². The Morgan fingerprint density at radius 1 is 1.20 bits per heavy atom. The lowest BCUT2D eigenvalue weighted by atomic mass is 9.85. The fourth-order valence-electron chi connectivity index (χ4n) is 3.90. The highest BCUT2D eigenvalue weighted by molar-refractivity contribution is 6.33. The second kappa shape index (κ2) is 9.43. The van der Waals surface area contributed by atoms with Crippen molar-refractivity contribution in [2.75, 3.05) is 6.54 Å². The van der Waals surface area contributed by atoms with Gasteiger partial charge in [0.25, 0.3) is 5.91 Å². The third-order valence-electron chi connectivity index (χ3n) is 5.35. The number of ketones is 1. The van der Waals surface area contributed by atoms with Gasteiger partial charge in [-0.1, -0.05) is 30.3 Å². The fraction of sp³-hybridized carbons (Fsp3) is 0.261. The lowest BCUT2D eigenvalue weighted by Crippen LogP contribution is -2.36. The van der Waals surface area contributed by atoms with Gasteiger partial charge in [-0.15, -0.1) is 0 Å². The SMILES string of the molecule is N=CC(=O)/C(O)=C/C(=O)N1CCC[C@@H]1C[C@H](c1ccccc1)c1cc(F)ccc1F. The molecule has 2 atom stereocenters. The Morgan fingerprint density at radius 3 is 2.63 bits per heavy atom. The molecule has 1 fully saturated rings. The van der Waals surface area contributed by atoms with Crippen LogP contribution in [0.4, 0.5) is 8.78 Å². The molecule has 1 heterocycles. The largest absolute Gasteiger partial charge is 0.504 e. The van der Waals surface area contributed by atoms with E-state index < -0.39 is 35.0 Å². The normalized spacial score (nSPS) is 17.6. The summed E-state index contributed by atoms with van der Waals surface area (Å²) in [5.74, 6) is -3.82. The van der Waals surface area contributed by atoms with Crippen LogP contribution >= 0.6 is 0 Å². The number of benzene rings is 2. The van der Waals surface area contributed by atoms with Gasteiger partial charge < -0.3 is 15.4 Å². The molecule has 2 N–H and O–H groups in total. The summed E-state index contributed by atoms with van der Waals surface area (Å²) in [6.07, 6.45) is 2.99. The molecule has 1 amide bonds. The smallest absolute Gasteiger partial charge is 0.250 e. The quantitative estimate of drug-likeness (QED) is 0.407. The molecule has 1 aliphatic heterocycles. The van der Waals surface area contributed by atoms with Crippen molar-refractivity contribution in [2.24, 2.45) is 0 Å². The number of carbonyl (C=O) groups is 2. The van der Waals surface area contributed by atoms with Gasteiger partial charge in [-0.3, -0.25) is 9.59 Å². The summed E-state index contributed by atoms with van der Waals surface area (Å²) in [4.78, 5) is 25.5. The Labute approximate surface area is 173 Å². The number of nitrogens with zero attached hydrogens (tertiary/aromatic N) is 1. The molecule has 1 saturated heterocycles. The van der Waals surface area contributed by atoms with Crippen molar-refractivity contribution in [3.8, 4) is 0 Å². The number of amides is 1. The van der Waals surface area contributed by atoms with Crippen molar-refractivity contribution in [1.29, 1.82) is 5.41 Å². The van der Waals surface area contributed by atoms with Crippen LogP contribution in [0.15, 0.2) is 60.4 Å². The van der Waals surface area contributed by atoms with E-state index in [2.05, 4.69) is 0 Å². The molecule has 3 rings (SSSR count). The van der Waals surface area contributed by atoms with Crippen molar-refractivity contribution in [3.63, 3.8) is 0 Å². The van der Waals surface area contributed by atoms with E-state index in [4.69, 9.17) is 5.41 Å². The molecule has 7 heteroatoms. The molecule has 2 aromatic carbocycles. The fourth-order valence-corrected chi connectivity index (χ4v) is 3.90. The molecule has 30 heavy (non-hydrogen) atoms. The molecular formula is C23H22F2N2O3. The average Bonchev–Trinajstić information content (AvgIpc) is 3.22. The van der Waals surface area contributed by atoms with E-state index >= 15 is 0 Å². The first kappa shape index (κ1) is 21.4. The van der Waals surface area contributed by atoms with E-state index in [1.54, 1.807) is 0 Å². The Kier molecular flexibility index (Phi) is 6.72. The van der Waals surface area contributed by atoms with Crippen molar-refractivity contribution in [1.82, 2.24) is 4.90 Å². The molecule has 0 aliphatic carbocycles. The summed E-state index contributed by atoms with van der Waals surface area (Å²) in [6, 6.07) is 12.2. The van der Waals surface area contributed by atoms with Crippen LogP contribution in [0.3, 0.4) is 0 Å². The van der Waals surface area contributed by atoms with Gasteiger partial charge in [-0.2, -0.15) is 0 Å². The summed E-state index contributed by atoms with van der Waals surface area (Å²) in [5, 5.41) is 16.5. The maximum Gasteiger partial charge on any atom is 0.250 e. The summed E-state index contributed by atoms with van der Waals surface area (Å²) >= 11 is 0. The van der Waals surface area contributed by atoms with Crippen LogP contribution in [-0.2, 0) is 9.59 Å². The zero-order valence-corrected chi connectivity index (χ0v) is 16.2. The van der Waals surface area contributed by atoms with Crippen molar-refractivity contribution < 1.29 is 23.5 Å². The number of aliphatic hydroxyl groups is 1. The highest BCUT2D eigenvalue weighted by Gasteiger charge is 2.32. The molecule has 1 aliphatic rings. The van der Waals surface area contributed by atoms with Crippen molar-refractivity contribution in [3.05, 3.63) is 83.1 Å². The lowest BCUT2D eigenvalue weighted by Gasteiger charge is -2.28. The van der Waals surface area contributed by atoms with Crippen molar-refractivity contribution in [2.45, 2.75) is 31.2 Å². The number of hydrogen-bond acceptors (Lipinski definition) is 4. The van der Waals surface area contributed by atoms with Gasteiger partial charge in [-0.05, 0) is 48.6 Å². The Balaban J connectivity index is 1.90. The second-order valence-corrected chi connectivity index (χ2v) is 7.23. The van der Waals surface area contributed by atoms with E-state index in [1.807, 2.05) is 30.3 Å². The van der Waals surface area contributed by atoms with Gasteiger partial charge in [0.15, 0.2) is 5.76 Å². The number of nitrogens with one attached hydrogen (secondary N) is 1. The minimum atomic E-state index is -0.955. The topological polar surface area (TPSA) is 81.5 Å². The molecule has 0 radical (unpaired) electrons. The number of hydrogen-bond donors (Lipinski definition) is 2. The molecule has 2 aromatic rings. The zero-order chi connectivity index (χ0) is 21.7. The second-order valence-electron chi connectivity index (χ2n) is 7.23.